The molecule has 2 N–H and O–H groups in total. The Hall–Kier alpha value is -2.58. The molecule has 0 aliphatic heterocycles. The Morgan fingerprint density at radius 2 is 2.29 bits per heavy atom. The third-order valence-corrected chi connectivity index (χ3v) is 2.88. The topological polar surface area (TPSA) is 75.4 Å². The van der Waals surface area contributed by atoms with E-state index in [1.807, 2.05) is 13.0 Å². The highest BCUT2D eigenvalue weighted by molar-refractivity contribution is 5.94. The minimum absolute atomic E-state index is 0.0317. The first-order chi connectivity index (χ1) is 10.2. The van der Waals surface area contributed by atoms with Gasteiger partial charge in [-0.25, -0.2) is 0 Å². The second-order valence-corrected chi connectivity index (χ2v) is 4.48. The maximum atomic E-state index is 12.1. The van der Waals surface area contributed by atoms with E-state index < -0.39 is 0 Å². The van der Waals surface area contributed by atoms with E-state index in [0.717, 1.165) is 11.1 Å². The monoisotopic (exact) mass is 284 g/mol. The molecular formula is C16H16N2O3. The normalized spacial score (nSPS) is 9.81. The van der Waals surface area contributed by atoms with Crippen LogP contribution in [0, 0.1) is 18.8 Å². The Morgan fingerprint density at radius 3 is 3.00 bits per heavy atom. The van der Waals surface area contributed by atoms with E-state index in [1.54, 1.807) is 18.2 Å². The Morgan fingerprint density at radius 1 is 1.43 bits per heavy atom. The number of nitrogens with one attached hydrogen (secondary N) is 1. The van der Waals surface area contributed by atoms with Gasteiger partial charge in [-0.15, -0.1) is 0 Å². The number of amides is 1. The van der Waals surface area contributed by atoms with Crippen molar-refractivity contribution in [2.24, 2.45) is 0 Å². The van der Waals surface area contributed by atoms with Crippen LogP contribution in [0.3, 0.4) is 0 Å². The third-order valence-electron chi connectivity index (χ3n) is 2.88. The van der Waals surface area contributed by atoms with Crippen molar-refractivity contribution in [3.8, 4) is 11.8 Å². The van der Waals surface area contributed by atoms with Gasteiger partial charge in [0.05, 0.1) is 13.2 Å². The molecule has 1 amide bonds. The fourth-order valence-corrected chi connectivity index (χ4v) is 1.71. The molecular weight excluding hydrogens is 268 g/mol. The molecule has 1 heterocycles. The first-order valence-corrected chi connectivity index (χ1v) is 6.58. The summed E-state index contributed by atoms with van der Waals surface area (Å²) in [6.07, 6.45) is 1.88. The van der Waals surface area contributed by atoms with E-state index >= 15 is 0 Å². The van der Waals surface area contributed by atoms with Gasteiger partial charge in [-0.1, -0.05) is 23.1 Å². The van der Waals surface area contributed by atoms with E-state index in [4.69, 9.17) is 9.63 Å². The zero-order valence-electron chi connectivity index (χ0n) is 11.7. The van der Waals surface area contributed by atoms with E-state index in [-0.39, 0.29) is 12.5 Å². The van der Waals surface area contributed by atoms with Crippen molar-refractivity contribution < 1.29 is 14.4 Å². The van der Waals surface area contributed by atoms with Crippen molar-refractivity contribution in [3.05, 3.63) is 52.9 Å². The van der Waals surface area contributed by atoms with Crippen molar-refractivity contribution in [2.75, 3.05) is 6.61 Å². The SMILES string of the molecule is Cc1ccc(C(=O)NCc2ccon2)cc1C#CCCO. The molecule has 2 aromatic rings. The fraction of sp³-hybridized carbons (Fsp3) is 0.250. The fourth-order valence-electron chi connectivity index (χ4n) is 1.71. The molecule has 0 saturated carbocycles. The number of hydrogen-bond acceptors (Lipinski definition) is 4. The van der Waals surface area contributed by atoms with Crippen LogP contribution in [0.2, 0.25) is 0 Å². The second kappa shape index (κ2) is 7.27. The van der Waals surface area contributed by atoms with Gasteiger partial charge >= 0.3 is 0 Å². The van der Waals surface area contributed by atoms with Crippen molar-refractivity contribution >= 4 is 5.91 Å². The quantitative estimate of drug-likeness (QED) is 0.837. The number of nitrogens with zero attached hydrogens (tertiary/aromatic N) is 1. The van der Waals surface area contributed by atoms with E-state index in [2.05, 4.69) is 22.3 Å². The molecule has 0 bridgehead atoms. The number of benzene rings is 1. The minimum Gasteiger partial charge on any atom is -0.395 e. The van der Waals surface area contributed by atoms with Crippen LogP contribution in [-0.4, -0.2) is 22.8 Å². The van der Waals surface area contributed by atoms with Gasteiger partial charge in [0, 0.05) is 23.6 Å². The summed E-state index contributed by atoms with van der Waals surface area (Å²) in [4.78, 5) is 12.1. The van der Waals surface area contributed by atoms with Gasteiger partial charge < -0.3 is 14.9 Å². The first-order valence-electron chi connectivity index (χ1n) is 6.58. The van der Waals surface area contributed by atoms with Gasteiger partial charge in [-0.3, -0.25) is 4.79 Å². The maximum Gasteiger partial charge on any atom is 0.251 e. The molecule has 0 spiro atoms. The molecule has 21 heavy (non-hydrogen) atoms. The lowest BCUT2D eigenvalue weighted by atomic mass is 10.0. The number of aliphatic hydroxyl groups excluding tert-OH is 1. The predicted octanol–water partition coefficient (Wildman–Crippen LogP) is 1.65. The summed E-state index contributed by atoms with van der Waals surface area (Å²) in [5.41, 5.74) is 2.99. The van der Waals surface area contributed by atoms with Gasteiger partial charge in [0.1, 0.15) is 12.0 Å². The van der Waals surface area contributed by atoms with Crippen LogP contribution < -0.4 is 5.32 Å². The Bertz CT molecular complexity index is 667. The number of rotatable bonds is 4. The van der Waals surface area contributed by atoms with Crippen LogP contribution in [0.4, 0.5) is 0 Å². The summed E-state index contributed by atoms with van der Waals surface area (Å²) >= 11 is 0. The lowest BCUT2D eigenvalue weighted by Crippen LogP contribution is -2.23. The highest BCUT2D eigenvalue weighted by Crippen LogP contribution is 2.10. The summed E-state index contributed by atoms with van der Waals surface area (Å²) in [6.45, 7) is 2.28. The summed E-state index contributed by atoms with van der Waals surface area (Å²) in [5.74, 6) is 5.63. The number of carbonyl (C=O) groups excluding carboxylic acids is 1. The molecule has 5 heteroatoms. The second-order valence-electron chi connectivity index (χ2n) is 4.48. The largest absolute Gasteiger partial charge is 0.395 e. The van der Waals surface area contributed by atoms with Crippen LogP contribution in [0.25, 0.3) is 0 Å². The molecule has 0 saturated heterocycles. The molecule has 0 radical (unpaired) electrons. The molecule has 108 valence electrons. The number of hydrogen-bond donors (Lipinski definition) is 2. The first kappa shape index (κ1) is 14.8. The number of carbonyl (C=O) groups is 1. The van der Waals surface area contributed by atoms with Crippen LogP contribution >= 0.6 is 0 Å². The molecule has 1 aromatic heterocycles. The molecule has 0 aliphatic carbocycles. The van der Waals surface area contributed by atoms with Crippen molar-refractivity contribution in [2.45, 2.75) is 19.9 Å². The summed E-state index contributed by atoms with van der Waals surface area (Å²) in [6, 6.07) is 7.05. The molecule has 0 aliphatic rings. The van der Waals surface area contributed by atoms with Gasteiger partial charge in [0.25, 0.3) is 5.91 Å². The standard InChI is InChI=1S/C16H16N2O3/c1-12-5-6-14(10-13(12)4-2-3-8-19)16(20)17-11-15-7-9-21-18-15/h5-7,9-10,19H,3,8,11H2,1H3,(H,17,20). The number of aliphatic hydroxyl groups is 1. The summed E-state index contributed by atoms with van der Waals surface area (Å²) in [5, 5.41) is 15.2. The van der Waals surface area contributed by atoms with Gasteiger partial charge in [0.2, 0.25) is 0 Å². The van der Waals surface area contributed by atoms with Gasteiger partial charge in [-0.05, 0) is 24.6 Å². The molecule has 2 rings (SSSR count). The highest BCUT2D eigenvalue weighted by atomic mass is 16.5. The average Bonchev–Trinajstić information content (AvgIpc) is 3.00. The molecule has 0 unspecified atom stereocenters. The van der Waals surface area contributed by atoms with Crippen LogP contribution in [0.5, 0.6) is 0 Å². The minimum atomic E-state index is -0.191. The summed E-state index contributed by atoms with van der Waals surface area (Å²) < 4.78 is 4.70. The Labute approximate surface area is 123 Å². The van der Waals surface area contributed by atoms with Gasteiger partial charge in [0.15, 0.2) is 0 Å². The Balaban J connectivity index is 2.07. The number of aryl methyl sites for hydroxylation is 1. The lowest BCUT2D eigenvalue weighted by molar-refractivity contribution is 0.0950. The summed E-state index contributed by atoms with van der Waals surface area (Å²) in [7, 11) is 0. The smallest absolute Gasteiger partial charge is 0.251 e. The van der Waals surface area contributed by atoms with Crippen LogP contribution in [0.15, 0.2) is 35.1 Å². The third kappa shape index (κ3) is 4.20. The zero-order chi connectivity index (χ0) is 15.1. The highest BCUT2D eigenvalue weighted by Gasteiger charge is 2.08. The van der Waals surface area contributed by atoms with E-state index in [1.165, 1.54) is 6.26 Å². The molecule has 5 nitrogen and oxygen atoms in total. The average molecular weight is 284 g/mol. The maximum absolute atomic E-state index is 12.1. The van der Waals surface area contributed by atoms with Crippen LogP contribution in [-0.2, 0) is 6.54 Å². The van der Waals surface area contributed by atoms with Crippen LogP contribution in [0.1, 0.15) is 33.6 Å². The van der Waals surface area contributed by atoms with E-state index in [0.29, 0.717) is 24.2 Å². The van der Waals surface area contributed by atoms with Crippen molar-refractivity contribution in [3.63, 3.8) is 0 Å². The van der Waals surface area contributed by atoms with Crippen molar-refractivity contribution in [1.82, 2.24) is 10.5 Å². The lowest BCUT2D eigenvalue weighted by Gasteiger charge is -2.05. The molecule has 1 aromatic carbocycles. The Kier molecular flexibility index (Phi) is 5.13. The van der Waals surface area contributed by atoms with Gasteiger partial charge in [-0.2, -0.15) is 0 Å². The molecule has 0 fully saturated rings. The number of aromatic nitrogens is 1. The molecule has 0 atom stereocenters. The zero-order valence-corrected chi connectivity index (χ0v) is 11.7. The predicted molar refractivity (Wildman–Crippen MR) is 77.4 cm³/mol. The van der Waals surface area contributed by atoms with E-state index in [9.17, 15) is 4.79 Å². The van der Waals surface area contributed by atoms with Crippen molar-refractivity contribution in [1.29, 1.82) is 0 Å².